The second kappa shape index (κ2) is 13.6. The van der Waals surface area contributed by atoms with Gasteiger partial charge in [0.2, 0.25) is 0 Å². The van der Waals surface area contributed by atoms with Gasteiger partial charge in [-0.2, -0.15) is 0 Å². The fourth-order valence-corrected chi connectivity index (χ4v) is 2.84. The van der Waals surface area contributed by atoms with E-state index >= 15 is 0 Å². The molecule has 0 fully saturated rings. The van der Waals surface area contributed by atoms with Gasteiger partial charge in [-0.3, -0.25) is 0 Å². The Bertz CT molecular complexity index is 904. The third-order valence-corrected chi connectivity index (χ3v) is 4.23. The van der Waals surface area contributed by atoms with Gasteiger partial charge >= 0.3 is 0 Å². The monoisotopic (exact) mass is 388 g/mol. The van der Waals surface area contributed by atoms with E-state index < -0.39 is 0 Å². The Balaban J connectivity index is 0.000000207. The maximum Gasteiger partial charge on any atom is 0.00426 e. The summed E-state index contributed by atoms with van der Waals surface area (Å²) in [4.78, 5) is 1.03. The SMILES string of the molecule is CC.Cc1cccc(S)c1.Cc1cccc2ccccc12.Cc1ccccc1. The minimum absolute atomic E-state index is 1.03. The number of rotatable bonds is 0. The molecule has 0 unspecified atom stereocenters. The highest BCUT2D eigenvalue weighted by Crippen LogP contribution is 2.16. The highest BCUT2D eigenvalue weighted by Gasteiger charge is 1.92. The van der Waals surface area contributed by atoms with Crippen molar-refractivity contribution in [3.05, 3.63) is 114 Å². The molecule has 4 aromatic rings. The molecular weight excluding hydrogens is 356 g/mol. The number of hydrogen-bond donors (Lipinski definition) is 1. The molecule has 0 saturated carbocycles. The van der Waals surface area contributed by atoms with Crippen LogP contribution in [-0.4, -0.2) is 0 Å². The van der Waals surface area contributed by atoms with Gasteiger partial charge in [-0.1, -0.05) is 110 Å². The van der Waals surface area contributed by atoms with Gasteiger partial charge in [-0.25, -0.2) is 0 Å². The van der Waals surface area contributed by atoms with Crippen LogP contribution in [0.3, 0.4) is 0 Å². The first-order valence-corrected chi connectivity index (χ1v) is 10.2. The summed E-state index contributed by atoms with van der Waals surface area (Å²) in [6, 6.07) is 33.1. The predicted octanol–water partition coefficient (Wildman–Crippen LogP) is 8.45. The van der Waals surface area contributed by atoms with Gasteiger partial charge in [-0.05, 0) is 49.2 Å². The number of fused-ring (bicyclic) bond motifs is 1. The van der Waals surface area contributed by atoms with Crippen LogP contribution in [-0.2, 0) is 0 Å². The molecule has 4 rings (SSSR count). The lowest BCUT2D eigenvalue weighted by atomic mass is 10.1. The second-order valence-corrected chi connectivity index (χ2v) is 6.81. The lowest BCUT2D eigenvalue weighted by Crippen LogP contribution is -1.75. The molecule has 0 saturated heterocycles. The van der Waals surface area contributed by atoms with Crippen LogP contribution in [0.25, 0.3) is 10.8 Å². The number of thiol groups is 1. The maximum atomic E-state index is 4.15. The Kier molecular flexibility index (Phi) is 11.5. The van der Waals surface area contributed by atoms with E-state index in [-0.39, 0.29) is 0 Å². The third-order valence-electron chi connectivity index (χ3n) is 3.95. The van der Waals surface area contributed by atoms with Crippen molar-refractivity contribution >= 4 is 23.4 Å². The highest BCUT2D eigenvalue weighted by atomic mass is 32.1. The molecule has 0 N–H and O–H groups in total. The van der Waals surface area contributed by atoms with Crippen molar-refractivity contribution in [2.45, 2.75) is 39.5 Å². The normalized spacial score (nSPS) is 9.07. The van der Waals surface area contributed by atoms with Gasteiger partial charge in [0.05, 0.1) is 0 Å². The summed E-state index contributed by atoms with van der Waals surface area (Å²) in [6.07, 6.45) is 0. The van der Waals surface area contributed by atoms with Crippen molar-refractivity contribution in [3.8, 4) is 0 Å². The molecule has 0 spiro atoms. The molecule has 0 aliphatic heterocycles. The molecular formula is C27H32S. The Morgan fingerprint density at radius 2 is 1.07 bits per heavy atom. The van der Waals surface area contributed by atoms with Crippen molar-refractivity contribution in [1.29, 1.82) is 0 Å². The van der Waals surface area contributed by atoms with Crippen molar-refractivity contribution in [2.24, 2.45) is 0 Å². The molecule has 0 radical (unpaired) electrons. The summed E-state index contributed by atoms with van der Waals surface area (Å²) < 4.78 is 0. The van der Waals surface area contributed by atoms with Gasteiger partial charge in [0.15, 0.2) is 0 Å². The van der Waals surface area contributed by atoms with Crippen molar-refractivity contribution < 1.29 is 0 Å². The van der Waals surface area contributed by atoms with Crippen molar-refractivity contribution in [3.63, 3.8) is 0 Å². The standard InChI is InChI=1S/C11H10.C7H8S.C7H8.C2H6/c1-9-5-4-7-10-6-2-3-8-11(9)10;1-6-3-2-4-7(8)5-6;1-7-5-3-2-4-6-7;1-2/h2-8H,1H3;2-5,8H,1H3;2-6H,1H3;1-2H3. The van der Waals surface area contributed by atoms with E-state index in [0.717, 1.165) is 4.90 Å². The molecule has 0 bridgehead atoms. The van der Waals surface area contributed by atoms with Crippen LogP contribution in [0, 0.1) is 20.8 Å². The fraction of sp³-hybridized carbons (Fsp3) is 0.185. The summed E-state index contributed by atoms with van der Waals surface area (Å²) in [7, 11) is 0. The van der Waals surface area contributed by atoms with E-state index in [0.29, 0.717) is 0 Å². The summed E-state index contributed by atoms with van der Waals surface area (Å²) in [6.45, 7) is 10.3. The van der Waals surface area contributed by atoms with Crippen LogP contribution in [0.15, 0.2) is 102 Å². The van der Waals surface area contributed by atoms with E-state index in [1.54, 1.807) is 0 Å². The molecule has 0 aliphatic carbocycles. The summed E-state index contributed by atoms with van der Waals surface area (Å²) in [5, 5.41) is 2.68. The summed E-state index contributed by atoms with van der Waals surface area (Å²) in [5.74, 6) is 0. The Hall–Kier alpha value is -2.51. The predicted molar refractivity (Wildman–Crippen MR) is 130 cm³/mol. The average Bonchev–Trinajstić information content (AvgIpc) is 2.71. The van der Waals surface area contributed by atoms with E-state index in [1.807, 2.05) is 50.2 Å². The Morgan fingerprint density at radius 1 is 0.536 bits per heavy atom. The molecule has 0 heterocycles. The fourth-order valence-electron chi connectivity index (χ4n) is 2.55. The van der Waals surface area contributed by atoms with E-state index in [1.165, 1.54) is 27.5 Å². The number of aryl methyl sites for hydroxylation is 3. The highest BCUT2D eigenvalue weighted by molar-refractivity contribution is 7.80. The average molecular weight is 389 g/mol. The second-order valence-electron chi connectivity index (χ2n) is 6.29. The lowest BCUT2D eigenvalue weighted by Gasteiger charge is -1.98. The lowest BCUT2D eigenvalue weighted by molar-refractivity contribution is 1.37. The molecule has 1 heteroatoms. The quantitative estimate of drug-likeness (QED) is 0.287. The van der Waals surface area contributed by atoms with Crippen LogP contribution in [0.5, 0.6) is 0 Å². The van der Waals surface area contributed by atoms with Gasteiger partial charge in [-0.15, -0.1) is 12.6 Å². The van der Waals surface area contributed by atoms with Crippen LogP contribution in [0.2, 0.25) is 0 Å². The van der Waals surface area contributed by atoms with Crippen LogP contribution < -0.4 is 0 Å². The van der Waals surface area contributed by atoms with Gasteiger partial charge in [0, 0.05) is 4.90 Å². The van der Waals surface area contributed by atoms with E-state index in [4.69, 9.17) is 0 Å². The first kappa shape index (κ1) is 23.5. The number of hydrogen-bond acceptors (Lipinski definition) is 1. The molecule has 0 amide bonds. The molecule has 4 aromatic carbocycles. The zero-order valence-electron chi connectivity index (χ0n) is 17.7. The minimum Gasteiger partial charge on any atom is -0.143 e. The third kappa shape index (κ3) is 8.92. The van der Waals surface area contributed by atoms with E-state index in [2.05, 4.69) is 94.1 Å². The van der Waals surface area contributed by atoms with Gasteiger partial charge in [0.25, 0.3) is 0 Å². The van der Waals surface area contributed by atoms with Crippen molar-refractivity contribution in [2.75, 3.05) is 0 Å². The first-order chi connectivity index (χ1) is 13.6. The molecule has 0 atom stereocenters. The topological polar surface area (TPSA) is 0 Å². The molecule has 0 aromatic heterocycles. The first-order valence-electron chi connectivity index (χ1n) is 9.78. The van der Waals surface area contributed by atoms with Crippen LogP contribution in [0.1, 0.15) is 30.5 Å². The minimum atomic E-state index is 1.03. The van der Waals surface area contributed by atoms with E-state index in [9.17, 15) is 0 Å². The molecule has 0 nitrogen and oxygen atoms in total. The summed E-state index contributed by atoms with van der Waals surface area (Å²) in [5.41, 5.74) is 3.93. The van der Waals surface area contributed by atoms with Gasteiger partial charge in [0.1, 0.15) is 0 Å². The molecule has 0 aliphatic rings. The Morgan fingerprint density at radius 3 is 1.57 bits per heavy atom. The largest absolute Gasteiger partial charge is 0.143 e. The zero-order chi connectivity index (χ0) is 20.8. The van der Waals surface area contributed by atoms with Crippen LogP contribution >= 0.6 is 12.6 Å². The Labute approximate surface area is 176 Å². The van der Waals surface area contributed by atoms with Crippen molar-refractivity contribution in [1.82, 2.24) is 0 Å². The number of benzene rings is 4. The molecule has 28 heavy (non-hydrogen) atoms. The summed E-state index contributed by atoms with van der Waals surface area (Å²) >= 11 is 4.15. The smallest absolute Gasteiger partial charge is 0.00426 e. The zero-order valence-corrected chi connectivity index (χ0v) is 18.6. The molecule has 146 valence electrons. The van der Waals surface area contributed by atoms with Crippen LogP contribution in [0.4, 0.5) is 0 Å². The van der Waals surface area contributed by atoms with Gasteiger partial charge < -0.3 is 0 Å². The maximum absolute atomic E-state index is 4.15.